The van der Waals surface area contributed by atoms with Crippen LogP contribution in [0.2, 0.25) is 0 Å². The number of carbonyl (C=O) groups is 1. The summed E-state index contributed by atoms with van der Waals surface area (Å²) in [6, 6.07) is 0. The third-order valence-electron chi connectivity index (χ3n) is 1.57. The van der Waals surface area contributed by atoms with Gasteiger partial charge in [0.25, 0.3) is 0 Å². The second-order valence-corrected chi connectivity index (χ2v) is 2.45. The molecule has 1 aliphatic rings. The predicted molar refractivity (Wildman–Crippen MR) is 38.8 cm³/mol. The normalized spacial score (nSPS) is 30.9. The number of hydrogen-bond donors (Lipinski definition) is 0. The van der Waals surface area contributed by atoms with Gasteiger partial charge >= 0.3 is 0 Å². The molecule has 0 aromatic carbocycles. The van der Waals surface area contributed by atoms with E-state index in [4.69, 9.17) is 4.74 Å². The molecule has 1 aliphatic heterocycles. The number of aldehydes is 1. The Kier molecular flexibility index (Phi) is 2.63. The minimum atomic E-state index is 0.227. The largest absolute Gasteiger partial charge is 0.365 e. The van der Waals surface area contributed by atoms with Crippen LogP contribution in [-0.2, 0) is 9.53 Å². The van der Waals surface area contributed by atoms with Gasteiger partial charge < -0.3 is 4.74 Å². The molecule has 0 bridgehead atoms. The van der Waals surface area contributed by atoms with Gasteiger partial charge in [0.15, 0.2) is 0 Å². The molecule has 2 heteroatoms. The van der Waals surface area contributed by atoms with Gasteiger partial charge in [-0.3, -0.25) is 4.79 Å². The molecule has 56 valence electrons. The average Bonchev–Trinajstić information content (AvgIpc) is 2.65. The molecule has 0 saturated carbocycles. The van der Waals surface area contributed by atoms with Gasteiger partial charge in [0.05, 0.1) is 6.10 Å². The molecule has 0 spiro atoms. The Hall–Kier alpha value is -0.630. The predicted octanol–water partition coefficient (Wildman–Crippen LogP) is 1.31. The van der Waals surface area contributed by atoms with Crippen LogP contribution in [0, 0.1) is 0 Å². The van der Waals surface area contributed by atoms with Crippen LogP contribution in [-0.4, -0.2) is 18.5 Å². The molecule has 1 rings (SSSR count). The van der Waals surface area contributed by atoms with Gasteiger partial charge in [0.2, 0.25) is 0 Å². The first-order valence-electron chi connectivity index (χ1n) is 3.66. The van der Waals surface area contributed by atoms with E-state index in [1.165, 1.54) is 6.08 Å². The fourth-order valence-corrected chi connectivity index (χ4v) is 0.997. The first kappa shape index (κ1) is 7.48. The maximum atomic E-state index is 9.86. The summed E-state index contributed by atoms with van der Waals surface area (Å²) < 4.78 is 5.21. The van der Waals surface area contributed by atoms with Gasteiger partial charge in [-0.15, -0.1) is 0 Å². The van der Waals surface area contributed by atoms with E-state index in [0.717, 1.165) is 19.1 Å². The van der Waals surface area contributed by atoms with E-state index in [2.05, 4.69) is 6.92 Å². The lowest BCUT2D eigenvalue weighted by Crippen LogP contribution is -1.88. The average molecular weight is 140 g/mol. The highest BCUT2D eigenvalue weighted by atomic mass is 16.6. The Balaban J connectivity index is 2.12. The van der Waals surface area contributed by atoms with Crippen molar-refractivity contribution in [2.24, 2.45) is 0 Å². The van der Waals surface area contributed by atoms with Crippen molar-refractivity contribution in [1.29, 1.82) is 0 Å². The van der Waals surface area contributed by atoms with E-state index in [1.807, 2.05) is 6.08 Å². The van der Waals surface area contributed by atoms with E-state index in [1.54, 1.807) is 0 Å². The van der Waals surface area contributed by atoms with Gasteiger partial charge in [-0.2, -0.15) is 0 Å². The van der Waals surface area contributed by atoms with Gasteiger partial charge in [0, 0.05) is 0 Å². The molecule has 0 aromatic heterocycles. The highest BCUT2D eigenvalue weighted by Gasteiger charge is 2.34. The molecule has 2 atom stereocenters. The summed E-state index contributed by atoms with van der Waals surface area (Å²) in [4.78, 5) is 9.86. The minimum Gasteiger partial charge on any atom is -0.365 e. The van der Waals surface area contributed by atoms with Crippen LogP contribution in [0.25, 0.3) is 0 Å². The van der Waals surface area contributed by atoms with Crippen LogP contribution >= 0.6 is 0 Å². The molecule has 0 radical (unpaired) electrons. The van der Waals surface area contributed by atoms with E-state index in [-0.39, 0.29) is 6.10 Å². The van der Waals surface area contributed by atoms with Gasteiger partial charge in [-0.25, -0.2) is 0 Å². The van der Waals surface area contributed by atoms with E-state index in [9.17, 15) is 4.79 Å². The van der Waals surface area contributed by atoms with Gasteiger partial charge in [0.1, 0.15) is 12.4 Å². The zero-order chi connectivity index (χ0) is 7.40. The summed E-state index contributed by atoms with van der Waals surface area (Å²) in [5, 5.41) is 0. The topological polar surface area (TPSA) is 29.6 Å². The lowest BCUT2D eigenvalue weighted by molar-refractivity contribution is -0.104. The zero-order valence-corrected chi connectivity index (χ0v) is 6.12. The first-order valence-corrected chi connectivity index (χ1v) is 3.66. The number of rotatable bonds is 4. The second-order valence-electron chi connectivity index (χ2n) is 2.45. The van der Waals surface area contributed by atoms with E-state index >= 15 is 0 Å². The molecule has 0 unspecified atom stereocenters. The molecule has 0 amide bonds. The Morgan fingerprint density at radius 1 is 1.60 bits per heavy atom. The van der Waals surface area contributed by atoms with Crippen molar-refractivity contribution in [3.8, 4) is 0 Å². The van der Waals surface area contributed by atoms with Crippen LogP contribution in [0.15, 0.2) is 12.2 Å². The molecule has 0 aliphatic carbocycles. The molecule has 1 saturated heterocycles. The Labute approximate surface area is 60.9 Å². The molecule has 0 N–H and O–H groups in total. The lowest BCUT2D eigenvalue weighted by Gasteiger charge is -1.82. The second kappa shape index (κ2) is 3.52. The summed E-state index contributed by atoms with van der Waals surface area (Å²) >= 11 is 0. The summed E-state index contributed by atoms with van der Waals surface area (Å²) in [5.74, 6) is 0. The van der Waals surface area contributed by atoms with Crippen LogP contribution < -0.4 is 0 Å². The molecule has 10 heavy (non-hydrogen) atoms. The molecular weight excluding hydrogens is 128 g/mol. The van der Waals surface area contributed by atoms with Crippen molar-refractivity contribution in [3.05, 3.63) is 12.2 Å². The van der Waals surface area contributed by atoms with Crippen molar-refractivity contribution >= 4 is 6.29 Å². The maximum Gasteiger partial charge on any atom is 0.142 e. The van der Waals surface area contributed by atoms with Crippen LogP contribution in [0.5, 0.6) is 0 Å². The van der Waals surface area contributed by atoms with Crippen LogP contribution in [0.3, 0.4) is 0 Å². The summed E-state index contributed by atoms with van der Waals surface area (Å²) in [5.41, 5.74) is 0. The number of allylic oxidation sites excluding steroid dienone is 1. The lowest BCUT2D eigenvalue weighted by atomic mass is 10.2. The molecule has 2 nitrogen and oxygen atoms in total. The van der Waals surface area contributed by atoms with Crippen molar-refractivity contribution < 1.29 is 9.53 Å². The first-order chi connectivity index (χ1) is 4.88. The van der Waals surface area contributed by atoms with E-state index < -0.39 is 0 Å². The number of ether oxygens (including phenoxy) is 1. The minimum absolute atomic E-state index is 0.227. The van der Waals surface area contributed by atoms with Gasteiger partial charge in [-0.05, 0) is 12.5 Å². The fourth-order valence-electron chi connectivity index (χ4n) is 0.997. The Bertz CT molecular complexity index is 140. The van der Waals surface area contributed by atoms with E-state index in [0.29, 0.717) is 6.10 Å². The number of carbonyl (C=O) groups excluding carboxylic acids is 1. The van der Waals surface area contributed by atoms with Crippen molar-refractivity contribution in [2.45, 2.75) is 32.0 Å². The highest BCUT2D eigenvalue weighted by molar-refractivity contribution is 5.64. The Morgan fingerprint density at radius 3 is 3.00 bits per heavy atom. The number of hydrogen-bond acceptors (Lipinski definition) is 2. The Morgan fingerprint density at radius 2 is 2.40 bits per heavy atom. The molecular formula is C8H12O2. The van der Waals surface area contributed by atoms with Crippen molar-refractivity contribution in [2.75, 3.05) is 0 Å². The van der Waals surface area contributed by atoms with Crippen molar-refractivity contribution in [1.82, 2.24) is 0 Å². The van der Waals surface area contributed by atoms with Crippen LogP contribution in [0.4, 0.5) is 0 Å². The van der Waals surface area contributed by atoms with Crippen molar-refractivity contribution in [3.63, 3.8) is 0 Å². The quantitative estimate of drug-likeness (QED) is 0.335. The highest BCUT2D eigenvalue weighted by Crippen LogP contribution is 2.27. The fraction of sp³-hybridized carbons (Fsp3) is 0.625. The molecule has 1 heterocycles. The summed E-state index contributed by atoms with van der Waals surface area (Å²) in [6.07, 6.45) is 6.97. The molecule has 0 aromatic rings. The monoisotopic (exact) mass is 140 g/mol. The van der Waals surface area contributed by atoms with Crippen LogP contribution in [0.1, 0.15) is 19.8 Å². The SMILES string of the molecule is CCC[C@H]1O[C@@H]1/C=C/C=O. The summed E-state index contributed by atoms with van der Waals surface area (Å²) in [6.45, 7) is 2.13. The zero-order valence-electron chi connectivity index (χ0n) is 6.12. The number of epoxide rings is 1. The smallest absolute Gasteiger partial charge is 0.142 e. The third kappa shape index (κ3) is 1.95. The van der Waals surface area contributed by atoms with Gasteiger partial charge in [-0.1, -0.05) is 19.4 Å². The molecule has 1 fully saturated rings. The summed E-state index contributed by atoms with van der Waals surface area (Å²) in [7, 11) is 0. The standard InChI is InChI=1S/C8H12O2/c1-2-4-7-8(10-7)5-3-6-9/h3,5-8H,2,4H2,1H3/b5-3+/t7-,8-/m1/s1. The maximum absolute atomic E-state index is 9.86. The third-order valence-corrected chi connectivity index (χ3v) is 1.57.